The predicted molar refractivity (Wildman–Crippen MR) is 120 cm³/mol. The Balaban J connectivity index is 1.72. The van der Waals surface area contributed by atoms with E-state index in [1.165, 1.54) is 20.4 Å². The van der Waals surface area contributed by atoms with Gasteiger partial charge in [-0.1, -0.05) is 48.2 Å². The molecule has 0 aliphatic carbocycles. The molecule has 0 radical (unpaired) electrons. The fourth-order valence-electron chi connectivity index (χ4n) is 3.16. The minimum atomic E-state index is -4.43. The lowest BCUT2D eigenvalue weighted by molar-refractivity contribution is -0.141. The number of rotatable bonds is 9. The van der Waals surface area contributed by atoms with Crippen molar-refractivity contribution in [3.8, 4) is 22.8 Å². The second-order valence-corrected chi connectivity index (χ2v) is 8.47. The predicted octanol–water partition coefficient (Wildman–Crippen LogP) is 4.93. The maximum Gasteiger partial charge on any atom is 0.406 e. The van der Waals surface area contributed by atoms with E-state index >= 15 is 0 Å². The molecule has 176 valence electrons. The van der Waals surface area contributed by atoms with Crippen molar-refractivity contribution in [3.63, 3.8) is 0 Å². The van der Waals surface area contributed by atoms with E-state index in [-0.39, 0.29) is 17.6 Å². The summed E-state index contributed by atoms with van der Waals surface area (Å²) in [6, 6.07) is 14.0. The average molecular weight is 480 g/mol. The molecule has 0 fully saturated rings. The number of nitrogens with zero attached hydrogens (tertiary/aromatic N) is 2. The highest BCUT2D eigenvalue weighted by Gasteiger charge is 2.31. The number of hydrogen-bond donors (Lipinski definition) is 1. The van der Waals surface area contributed by atoms with Gasteiger partial charge in [-0.05, 0) is 30.2 Å². The van der Waals surface area contributed by atoms with Crippen LogP contribution in [-0.4, -0.2) is 41.1 Å². The smallest absolute Gasteiger partial charge is 0.406 e. The fourth-order valence-corrected chi connectivity index (χ4v) is 4.07. The Bertz CT molecular complexity index is 1090. The summed E-state index contributed by atoms with van der Waals surface area (Å²) in [7, 11) is 3.05. The van der Waals surface area contributed by atoms with E-state index < -0.39 is 18.0 Å². The maximum absolute atomic E-state index is 13.3. The molecule has 0 saturated carbocycles. The highest BCUT2D eigenvalue weighted by molar-refractivity contribution is 8.00. The Labute approximate surface area is 194 Å². The molecule has 2 aromatic carbocycles. The van der Waals surface area contributed by atoms with Gasteiger partial charge in [0.25, 0.3) is 0 Å². The molecule has 3 aromatic rings. The number of thioether (sulfide) groups is 1. The molecule has 0 aliphatic rings. The van der Waals surface area contributed by atoms with Crippen LogP contribution in [0.5, 0.6) is 11.5 Å². The summed E-state index contributed by atoms with van der Waals surface area (Å²) in [6.45, 7) is 0.666. The first kappa shape index (κ1) is 24.5. The van der Waals surface area contributed by atoms with Gasteiger partial charge in [0.05, 0.1) is 31.4 Å². The van der Waals surface area contributed by atoms with Crippen LogP contribution < -0.4 is 14.8 Å². The van der Waals surface area contributed by atoms with Gasteiger partial charge in [-0.25, -0.2) is 4.98 Å². The standard InChI is InChI=1S/C23H24F3N3O3S/c1-15(21(30)27-12-16-9-10-19(31-2)20(11-16)32-3)33-22-28-13-18(17-7-5-4-6-8-17)29(22)14-23(24,25)26/h4-11,13,15H,12,14H2,1-3H3,(H,27,30). The number of carbonyl (C=O) groups is 1. The van der Waals surface area contributed by atoms with Gasteiger partial charge in [-0.2, -0.15) is 13.2 Å². The van der Waals surface area contributed by atoms with Crippen LogP contribution in [0.3, 0.4) is 0 Å². The largest absolute Gasteiger partial charge is 0.493 e. The normalized spacial score (nSPS) is 12.3. The summed E-state index contributed by atoms with van der Waals surface area (Å²) < 4.78 is 51.3. The molecule has 1 aromatic heterocycles. The number of halogens is 3. The lowest BCUT2D eigenvalue weighted by Gasteiger charge is -2.16. The topological polar surface area (TPSA) is 65.4 Å². The molecular weight excluding hydrogens is 455 g/mol. The SMILES string of the molecule is COc1ccc(CNC(=O)C(C)Sc2ncc(-c3ccccc3)n2CC(F)(F)F)cc1OC. The Morgan fingerprint density at radius 2 is 1.82 bits per heavy atom. The zero-order chi connectivity index (χ0) is 24.0. The molecule has 1 N–H and O–H groups in total. The third-order valence-electron chi connectivity index (χ3n) is 4.79. The Hall–Kier alpha value is -3.14. The lowest BCUT2D eigenvalue weighted by Crippen LogP contribution is -2.31. The summed E-state index contributed by atoms with van der Waals surface area (Å²) >= 11 is 0.978. The first-order chi connectivity index (χ1) is 15.7. The summed E-state index contributed by atoms with van der Waals surface area (Å²) in [6.07, 6.45) is -3.03. The number of carbonyl (C=O) groups excluding carboxylic acids is 1. The summed E-state index contributed by atoms with van der Waals surface area (Å²) in [5, 5.41) is 2.26. The lowest BCUT2D eigenvalue weighted by atomic mass is 10.2. The van der Waals surface area contributed by atoms with Crippen LogP contribution in [0.25, 0.3) is 11.3 Å². The quantitative estimate of drug-likeness (QED) is 0.441. The minimum Gasteiger partial charge on any atom is -0.493 e. The van der Waals surface area contributed by atoms with E-state index in [0.29, 0.717) is 22.8 Å². The molecule has 1 amide bonds. The first-order valence-electron chi connectivity index (χ1n) is 10.0. The zero-order valence-electron chi connectivity index (χ0n) is 18.3. The number of amides is 1. The number of imidazole rings is 1. The molecule has 33 heavy (non-hydrogen) atoms. The third kappa shape index (κ3) is 6.44. The van der Waals surface area contributed by atoms with Crippen molar-refractivity contribution in [2.24, 2.45) is 0 Å². The molecule has 1 atom stereocenters. The van der Waals surface area contributed by atoms with Gasteiger partial charge in [0.2, 0.25) is 5.91 Å². The highest BCUT2D eigenvalue weighted by Crippen LogP contribution is 2.32. The van der Waals surface area contributed by atoms with E-state index in [9.17, 15) is 18.0 Å². The number of hydrogen-bond acceptors (Lipinski definition) is 5. The van der Waals surface area contributed by atoms with Crippen LogP contribution in [0.4, 0.5) is 13.2 Å². The zero-order valence-corrected chi connectivity index (χ0v) is 19.2. The van der Waals surface area contributed by atoms with E-state index in [4.69, 9.17) is 9.47 Å². The van der Waals surface area contributed by atoms with Gasteiger partial charge in [0, 0.05) is 6.54 Å². The van der Waals surface area contributed by atoms with Crippen LogP contribution in [-0.2, 0) is 17.9 Å². The molecule has 0 aliphatic heterocycles. The number of aromatic nitrogens is 2. The minimum absolute atomic E-state index is 0.125. The van der Waals surface area contributed by atoms with Crippen molar-refractivity contribution in [2.75, 3.05) is 14.2 Å². The molecule has 0 saturated heterocycles. The summed E-state index contributed by atoms with van der Waals surface area (Å²) in [5.41, 5.74) is 1.75. The maximum atomic E-state index is 13.3. The highest BCUT2D eigenvalue weighted by atomic mass is 32.2. The Morgan fingerprint density at radius 1 is 1.12 bits per heavy atom. The van der Waals surface area contributed by atoms with Crippen molar-refractivity contribution in [3.05, 3.63) is 60.3 Å². The van der Waals surface area contributed by atoms with Crippen LogP contribution in [0.1, 0.15) is 12.5 Å². The molecular formula is C23H24F3N3O3S. The van der Waals surface area contributed by atoms with Gasteiger partial charge in [0.1, 0.15) is 6.54 Å². The van der Waals surface area contributed by atoms with Crippen LogP contribution in [0.2, 0.25) is 0 Å². The first-order valence-corrected chi connectivity index (χ1v) is 10.9. The number of nitrogens with one attached hydrogen (secondary N) is 1. The Morgan fingerprint density at radius 3 is 2.45 bits per heavy atom. The number of benzene rings is 2. The van der Waals surface area contributed by atoms with Crippen molar-refractivity contribution >= 4 is 17.7 Å². The molecule has 0 spiro atoms. The van der Waals surface area contributed by atoms with Crippen LogP contribution in [0, 0.1) is 0 Å². The van der Waals surface area contributed by atoms with E-state index in [0.717, 1.165) is 21.9 Å². The molecule has 10 heteroatoms. The monoisotopic (exact) mass is 479 g/mol. The molecule has 1 heterocycles. The van der Waals surface area contributed by atoms with Crippen molar-refractivity contribution in [1.82, 2.24) is 14.9 Å². The fraction of sp³-hybridized carbons (Fsp3) is 0.304. The van der Waals surface area contributed by atoms with Gasteiger partial charge < -0.3 is 19.4 Å². The van der Waals surface area contributed by atoms with Gasteiger partial charge in [-0.15, -0.1) is 0 Å². The second-order valence-electron chi connectivity index (χ2n) is 7.16. The van der Waals surface area contributed by atoms with Crippen LogP contribution >= 0.6 is 11.8 Å². The van der Waals surface area contributed by atoms with E-state index in [1.54, 1.807) is 55.5 Å². The second kappa shape index (κ2) is 10.7. The average Bonchev–Trinajstić information content (AvgIpc) is 3.17. The van der Waals surface area contributed by atoms with E-state index in [1.807, 2.05) is 0 Å². The van der Waals surface area contributed by atoms with Crippen molar-refractivity contribution < 1.29 is 27.4 Å². The summed E-state index contributed by atoms with van der Waals surface area (Å²) in [4.78, 5) is 16.8. The van der Waals surface area contributed by atoms with Crippen molar-refractivity contribution in [1.29, 1.82) is 0 Å². The molecule has 1 unspecified atom stereocenters. The molecule has 3 rings (SSSR count). The Kier molecular flexibility index (Phi) is 7.91. The number of alkyl halides is 3. The third-order valence-corrected chi connectivity index (χ3v) is 5.90. The van der Waals surface area contributed by atoms with E-state index in [2.05, 4.69) is 10.3 Å². The molecule has 6 nitrogen and oxygen atoms in total. The van der Waals surface area contributed by atoms with Gasteiger partial charge in [-0.3, -0.25) is 4.79 Å². The molecule has 0 bridgehead atoms. The number of methoxy groups -OCH3 is 2. The van der Waals surface area contributed by atoms with Gasteiger partial charge in [0.15, 0.2) is 16.7 Å². The van der Waals surface area contributed by atoms with Crippen LogP contribution in [0.15, 0.2) is 59.9 Å². The van der Waals surface area contributed by atoms with Crippen molar-refractivity contribution in [2.45, 2.75) is 36.6 Å². The summed E-state index contributed by atoms with van der Waals surface area (Å²) in [5.74, 6) is 0.786. The number of ether oxygens (including phenoxy) is 2. The van der Waals surface area contributed by atoms with Gasteiger partial charge >= 0.3 is 6.18 Å².